The number of H-pyrrole nitrogens is 1. The van der Waals surface area contributed by atoms with Crippen molar-refractivity contribution in [3.8, 4) is 11.1 Å². The van der Waals surface area contributed by atoms with Crippen molar-refractivity contribution < 1.29 is 4.92 Å². The van der Waals surface area contributed by atoms with Crippen LogP contribution in [-0.2, 0) is 0 Å². The van der Waals surface area contributed by atoms with Crippen LogP contribution in [0.3, 0.4) is 0 Å². The zero-order chi connectivity index (χ0) is 15.6. The molecule has 2 rings (SSSR count). The first-order valence-electron chi connectivity index (χ1n) is 6.62. The number of benzene rings is 1. The van der Waals surface area contributed by atoms with Crippen LogP contribution in [0.1, 0.15) is 24.1 Å². The van der Waals surface area contributed by atoms with Crippen molar-refractivity contribution in [3.63, 3.8) is 0 Å². The van der Waals surface area contributed by atoms with Crippen LogP contribution >= 0.6 is 0 Å². The van der Waals surface area contributed by atoms with Gasteiger partial charge in [0.2, 0.25) is 0 Å². The maximum Gasteiger partial charge on any atom is 0.289 e. The monoisotopic (exact) mass is 287 g/mol. The first-order valence-corrected chi connectivity index (χ1v) is 6.62. The van der Waals surface area contributed by atoms with Crippen molar-refractivity contribution in [2.75, 3.05) is 6.54 Å². The molecule has 1 aromatic carbocycles. The Bertz CT molecular complexity index is 720. The molecule has 0 saturated carbocycles. The molecule has 0 spiro atoms. The maximum atomic E-state index is 12.0. The Balaban J connectivity index is 2.49. The Morgan fingerprint density at radius 1 is 1.33 bits per heavy atom. The highest BCUT2D eigenvalue weighted by Crippen LogP contribution is 2.24. The molecule has 0 fully saturated rings. The van der Waals surface area contributed by atoms with Gasteiger partial charge in [-0.25, -0.2) is 0 Å². The molecule has 0 aliphatic heterocycles. The van der Waals surface area contributed by atoms with Crippen molar-refractivity contribution in [2.24, 2.45) is 5.73 Å². The van der Waals surface area contributed by atoms with E-state index in [1.807, 2.05) is 19.1 Å². The number of nitrogens with zero attached hydrogens (tertiary/aromatic N) is 1. The molecule has 1 atom stereocenters. The van der Waals surface area contributed by atoms with Gasteiger partial charge in [-0.2, -0.15) is 0 Å². The number of nitrogens with one attached hydrogen (secondary N) is 1. The largest absolute Gasteiger partial charge is 0.330 e. The van der Waals surface area contributed by atoms with Crippen molar-refractivity contribution in [2.45, 2.75) is 19.8 Å². The molecule has 0 saturated heterocycles. The average molecular weight is 287 g/mol. The second kappa shape index (κ2) is 5.88. The summed E-state index contributed by atoms with van der Waals surface area (Å²) in [5.41, 5.74) is 7.45. The van der Waals surface area contributed by atoms with E-state index in [4.69, 9.17) is 5.73 Å². The van der Waals surface area contributed by atoms with Gasteiger partial charge in [-0.15, -0.1) is 0 Å². The van der Waals surface area contributed by atoms with Gasteiger partial charge in [0.15, 0.2) is 0 Å². The van der Waals surface area contributed by atoms with Gasteiger partial charge >= 0.3 is 0 Å². The van der Waals surface area contributed by atoms with Gasteiger partial charge in [0.05, 0.1) is 16.2 Å². The number of pyridine rings is 1. The highest BCUT2D eigenvalue weighted by molar-refractivity contribution is 5.66. The van der Waals surface area contributed by atoms with Crippen LogP contribution in [-0.4, -0.2) is 16.5 Å². The Kier molecular flexibility index (Phi) is 4.18. The standard InChI is InChI=1S/C15H17N3O3/c1-9(8-16)11-3-5-12(6-4-11)13-7-14(18(20)21)10(2)17-15(13)19/h3-7,9H,8,16H2,1-2H3,(H,17,19). The predicted octanol–water partition coefficient (Wildman–Crippen LogP) is 2.32. The lowest BCUT2D eigenvalue weighted by Crippen LogP contribution is -2.12. The number of nitro groups is 1. The van der Waals surface area contributed by atoms with Gasteiger partial charge in [-0.3, -0.25) is 14.9 Å². The molecule has 110 valence electrons. The van der Waals surface area contributed by atoms with Gasteiger partial charge in [0.1, 0.15) is 0 Å². The van der Waals surface area contributed by atoms with Crippen LogP contribution in [0, 0.1) is 17.0 Å². The van der Waals surface area contributed by atoms with Crippen LogP contribution in [0.2, 0.25) is 0 Å². The minimum absolute atomic E-state index is 0.0935. The topological polar surface area (TPSA) is 102 Å². The molecule has 21 heavy (non-hydrogen) atoms. The summed E-state index contributed by atoms with van der Waals surface area (Å²) >= 11 is 0. The van der Waals surface area contributed by atoms with Gasteiger partial charge in [-0.1, -0.05) is 31.2 Å². The van der Waals surface area contributed by atoms with E-state index in [1.54, 1.807) is 12.1 Å². The summed E-state index contributed by atoms with van der Waals surface area (Å²) in [6.07, 6.45) is 0. The normalized spacial score (nSPS) is 12.1. The van der Waals surface area contributed by atoms with Crippen molar-refractivity contribution in [1.82, 2.24) is 4.98 Å². The Hall–Kier alpha value is -2.47. The predicted molar refractivity (Wildman–Crippen MR) is 81.4 cm³/mol. The lowest BCUT2D eigenvalue weighted by Gasteiger charge is -2.09. The minimum atomic E-state index is -0.500. The minimum Gasteiger partial charge on any atom is -0.330 e. The van der Waals surface area contributed by atoms with E-state index in [9.17, 15) is 14.9 Å². The Labute approximate surface area is 121 Å². The molecule has 0 amide bonds. The summed E-state index contributed by atoms with van der Waals surface area (Å²) < 4.78 is 0. The SMILES string of the molecule is Cc1[nH]c(=O)c(-c2ccc(C(C)CN)cc2)cc1[N+](=O)[O-]. The first kappa shape index (κ1) is 14.9. The van der Waals surface area contributed by atoms with E-state index < -0.39 is 4.92 Å². The van der Waals surface area contributed by atoms with Crippen LogP contribution in [0.25, 0.3) is 11.1 Å². The number of nitrogens with two attached hydrogens (primary N) is 1. The van der Waals surface area contributed by atoms with Gasteiger partial charge < -0.3 is 10.7 Å². The summed E-state index contributed by atoms with van der Waals surface area (Å²) in [5.74, 6) is 0.227. The molecule has 1 unspecified atom stereocenters. The molecule has 0 radical (unpaired) electrons. The molecule has 6 heteroatoms. The zero-order valence-electron chi connectivity index (χ0n) is 11.9. The number of rotatable bonds is 4. The van der Waals surface area contributed by atoms with Gasteiger partial charge in [0.25, 0.3) is 11.2 Å². The number of aryl methyl sites for hydroxylation is 1. The third-order valence-electron chi connectivity index (χ3n) is 3.55. The highest BCUT2D eigenvalue weighted by Gasteiger charge is 2.16. The Morgan fingerprint density at radius 3 is 2.48 bits per heavy atom. The van der Waals surface area contributed by atoms with E-state index >= 15 is 0 Å². The fourth-order valence-electron chi connectivity index (χ4n) is 2.14. The molecule has 3 N–H and O–H groups in total. The van der Waals surface area contributed by atoms with Crippen LogP contribution < -0.4 is 11.3 Å². The smallest absolute Gasteiger partial charge is 0.289 e. The molecule has 0 bridgehead atoms. The number of aromatic nitrogens is 1. The second-order valence-electron chi connectivity index (χ2n) is 5.04. The number of aromatic amines is 1. The lowest BCUT2D eigenvalue weighted by atomic mass is 9.98. The van der Waals surface area contributed by atoms with Crippen molar-refractivity contribution in [1.29, 1.82) is 0 Å². The quantitative estimate of drug-likeness (QED) is 0.665. The first-order chi connectivity index (χ1) is 9.93. The van der Waals surface area contributed by atoms with E-state index in [1.165, 1.54) is 13.0 Å². The maximum absolute atomic E-state index is 12.0. The third-order valence-corrected chi connectivity index (χ3v) is 3.55. The fourth-order valence-corrected chi connectivity index (χ4v) is 2.14. The van der Waals surface area contributed by atoms with Gasteiger partial charge in [-0.05, 0) is 30.5 Å². The zero-order valence-corrected chi connectivity index (χ0v) is 11.9. The molecular formula is C15H17N3O3. The molecule has 6 nitrogen and oxygen atoms in total. The number of hydrogen-bond acceptors (Lipinski definition) is 4. The summed E-state index contributed by atoms with van der Waals surface area (Å²) in [5, 5.41) is 11.0. The molecule has 0 aliphatic carbocycles. The summed E-state index contributed by atoms with van der Waals surface area (Å²) in [4.78, 5) is 25.0. The van der Waals surface area contributed by atoms with E-state index in [0.29, 0.717) is 17.7 Å². The van der Waals surface area contributed by atoms with Crippen molar-refractivity contribution in [3.05, 3.63) is 62.1 Å². The highest BCUT2D eigenvalue weighted by atomic mass is 16.6. The summed E-state index contributed by atoms with van der Waals surface area (Å²) in [6.45, 7) is 4.06. The second-order valence-corrected chi connectivity index (χ2v) is 5.04. The van der Waals surface area contributed by atoms with Crippen molar-refractivity contribution >= 4 is 5.69 Å². The summed E-state index contributed by atoms with van der Waals surface area (Å²) in [6, 6.07) is 8.65. The molecule has 2 aromatic rings. The Morgan fingerprint density at radius 2 is 1.95 bits per heavy atom. The van der Waals surface area contributed by atoms with E-state index in [0.717, 1.165) is 5.56 Å². The molecule has 0 aliphatic rings. The molecule has 1 aromatic heterocycles. The number of hydrogen-bond donors (Lipinski definition) is 2. The third kappa shape index (κ3) is 3.00. The van der Waals surface area contributed by atoms with Crippen LogP contribution in [0.15, 0.2) is 35.1 Å². The van der Waals surface area contributed by atoms with Gasteiger partial charge in [0, 0.05) is 6.07 Å². The van der Waals surface area contributed by atoms with E-state index in [-0.39, 0.29) is 22.9 Å². The average Bonchev–Trinajstić information content (AvgIpc) is 2.46. The fraction of sp³-hybridized carbons (Fsp3) is 0.267. The summed E-state index contributed by atoms with van der Waals surface area (Å²) in [7, 11) is 0. The van der Waals surface area contributed by atoms with E-state index in [2.05, 4.69) is 4.98 Å². The molecule has 1 heterocycles. The molecular weight excluding hydrogens is 270 g/mol. The lowest BCUT2D eigenvalue weighted by molar-refractivity contribution is -0.385. The van der Waals surface area contributed by atoms with Crippen LogP contribution in [0.4, 0.5) is 5.69 Å². The van der Waals surface area contributed by atoms with Crippen LogP contribution in [0.5, 0.6) is 0 Å².